The molecule has 12 heteroatoms. The van der Waals surface area contributed by atoms with Crippen LogP contribution in [0.2, 0.25) is 0 Å². The van der Waals surface area contributed by atoms with Crippen molar-refractivity contribution in [2.24, 2.45) is 0 Å². The number of esters is 1. The molecular weight excluding hydrogens is 478 g/mol. The Labute approximate surface area is 202 Å². The van der Waals surface area contributed by atoms with Gasteiger partial charge in [-0.3, -0.25) is 9.20 Å². The highest BCUT2D eigenvalue weighted by Crippen LogP contribution is 2.36. The van der Waals surface area contributed by atoms with Crippen LogP contribution in [0.1, 0.15) is 27.9 Å². The lowest BCUT2D eigenvalue weighted by Gasteiger charge is -2.19. The molecule has 5 rings (SSSR count). The van der Waals surface area contributed by atoms with Crippen molar-refractivity contribution < 1.29 is 23.8 Å². The minimum Gasteiger partial charge on any atom is -0.486 e. The van der Waals surface area contributed by atoms with Gasteiger partial charge in [0.2, 0.25) is 5.91 Å². The molecule has 4 aromatic rings. The van der Waals surface area contributed by atoms with E-state index in [0.29, 0.717) is 51.2 Å². The van der Waals surface area contributed by atoms with Crippen molar-refractivity contribution in [3.8, 4) is 11.5 Å². The number of fused-ring (bicyclic) bond motifs is 4. The van der Waals surface area contributed by atoms with Crippen LogP contribution < -0.4 is 14.8 Å². The van der Waals surface area contributed by atoms with E-state index in [1.165, 1.54) is 11.8 Å². The fourth-order valence-corrected chi connectivity index (χ4v) is 5.28. The Morgan fingerprint density at radius 1 is 1.18 bits per heavy atom. The number of nitrogens with one attached hydrogen (secondary N) is 1. The van der Waals surface area contributed by atoms with Gasteiger partial charge in [0.1, 0.15) is 18.1 Å². The summed E-state index contributed by atoms with van der Waals surface area (Å²) in [5.74, 6) is 0.759. The van der Waals surface area contributed by atoms with E-state index >= 15 is 0 Å². The van der Waals surface area contributed by atoms with E-state index in [1.807, 2.05) is 29.5 Å². The highest BCUT2D eigenvalue weighted by Gasteiger charge is 2.20. The van der Waals surface area contributed by atoms with Gasteiger partial charge in [0.15, 0.2) is 27.4 Å². The number of benzene rings is 1. The zero-order chi connectivity index (χ0) is 23.8. The summed E-state index contributed by atoms with van der Waals surface area (Å²) >= 11 is 2.35. The second-order valence-corrected chi connectivity index (χ2v) is 9.46. The van der Waals surface area contributed by atoms with Gasteiger partial charge in [0, 0.05) is 11.5 Å². The summed E-state index contributed by atoms with van der Waals surface area (Å²) in [6, 6.07) is 5.90. The van der Waals surface area contributed by atoms with Crippen molar-refractivity contribution in [1.82, 2.24) is 19.6 Å². The van der Waals surface area contributed by atoms with Gasteiger partial charge in [-0.1, -0.05) is 23.1 Å². The largest absolute Gasteiger partial charge is 0.486 e. The van der Waals surface area contributed by atoms with Crippen molar-refractivity contribution in [1.29, 1.82) is 0 Å². The van der Waals surface area contributed by atoms with E-state index in [9.17, 15) is 9.59 Å². The Hall–Kier alpha value is -3.38. The van der Waals surface area contributed by atoms with Crippen LogP contribution in [-0.4, -0.2) is 57.0 Å². The molecule has 1 aliphatic heterocycles. The maximum atomic E-state index is 12.6. The average molecular weight is 500 g/mol. The van der Waals surface area contributed by atoms with Crippen molar-refractivity contribution in [2.75, 3.05) is 30.9 Å². The van der Waals surface area contributed by atoms with Crippen LogP contribution in [0.3, 0.4) is 0 Å². The predicted octanol–water partition coefficient (Wildman–Crippen LogP) is 3.63. The molecule has 0 saturated heterocycles. The highest BCUT2D eigenvalue weighted by atomic mass is 32.2. The van der Waals surface area contributed by atoms with Gasteiger partial charge < -0.3 is 19.5 Å². The van der Waals surface area contributed by atoms with Crippen molar-refractivity contribution in [3.05, 3.63) is 34.3 Å². The van der Waals surface area contributed by atoms with Crippen molar-refractivity contribution in [2.45, 2.75) is 25.9 Å². The number of hydrogen-bond acceptors (Lipinski definition) is 10. The zero-order valence-electron chi connectivity index (χ0n) is 18.7. The molecule has 1 aliphatic rings. The molecule has 0 bridgehead atoms. The van der Waals surface area contributed by atoms with Crippen LogP contribution in [0.5, 0.6) is 11.5 Å². The molecule has 0 spiro atoms. The summed E-state index contributed by atoms with van der Waals surface area (Å²) in [4.78, 5) is 29.2. The number of carbonyl (C=O) groups is 2. The van der Waals surface area contributed by atoms with Crippen molar-refractivity contribution >= 4 is 56.7 Å². The van der Waals surface area contributed by atoms with Gasteiger partial charge in [-0.05, 0) is 38.5 Å². The average Bonchev–Trinajstić information content (AvgIpc) is 3.41. The van der Waals surface area contributed by atoms with Gasteiger partial charge >= 0.3 is 5.97 Å². The van der Waals surface area contributed by atoms with Gasteiger partial charge in [-0.2, -0.15) is 0 Å². The lowest BCUT2D eigenvalue weighted by atomic mass is 10.1. The topological polar surface area (TPSA) is 117 Å². The minimum absolute atomic E-state index is 0.0914. The first-order valence-corrected chi connectivity index (χ1v) is 12.4. The molecule has 34 heavy (non-hydrogen) atoms. The highest BCUT2D eigenvalue weighted by molar-refractivity contribution is 7.99. The van der Waals surface area contributed by atoms with Crippen LogP contribution in [-0.2, 0) is 9.53 Å². The van der Waals surface area contributed by atoms with E-state index in [4.69, 9.17) is 14.2 Å². The molecule has 0 saturated carbocycles. The van der Waals surface area contributed by atoms with Crippen LogP contribution >= 0.6 is 23.1 Å². The third-order valence-electron chi connectivity index (χ3n) is 5.13. The number of thioether (sulfide) groups is 1. The SMILES string of the molecule is CCOC(=O)c1sc(NC(=O)CSc2nnc3c(C)cc4cc5c(cc4n23)OCCO5)nc1C. The van der Waals surface area contributed by atoms with E-state index in [0.717, 1.165) is 27.8 Å². The zero-order valence-corrected chi connectivity index (χ0v) is 20.3. The number of amides is 1. The molecule has 1 aromatic carbocycles. The van der Waals surface area contributed by atoms with Gasteiger partial charge in [0.05, 0.1) is 23.6 Å². The number of carbonyl (C=O) groups excluding carboxylic acids is 2. The Morgan fingerprint density at radius 2 is 1.94 bits per heavy atom. The summed E-state index contributed by atoms with van der Waals surface area (Å²) in [6.07, 6.45) is 0. The first-order chi connectivity index (χ1) is 16.4. The van der Waals surface area contributed by atoms with E-state index in [2.05, 4.69) is 20.5 Å². The fraction of sp³-hybridized carbons (Fsp3) is 0.318. The minimum atomic E-state index is -0.443. The first-order valence-electron chi connectivity index (χ1n) is 10.6. The third kappa shape index (κ3) is 4.14. The quantitative estimate of drug-likeness (QED) is 0.313. The molecule has 176 valence electrons. The number of nitrogens with zero attached hydrogens (tertiary/aromatic N) is 4. The number of ether oxygens (including phenoxy) is 3. The summed E-state index contributed by atoms with van der Waals surface area (Å²) in [6.45, 7) is 6.69. The summed E-state index contributed by atoms with van der Waals surface area (Å²) in [5, 5.41) is 13.3. The van der Waals surface area contributed by atoms with Crippen LogP contribution in [0.4, 0.5) is 5.13 Å². The van der Waals surface area contributed by atoms with E-state index < -0.39 is 5.97 Å². The Bertz CT molecular complexity index is 1430. The molecule has 3 aromatic heterocycles. The maximum absolute atomic E-state index is 12.6. The number of rotatable bonds is 6. The predicted molar refractivity (Wildman–Crippen MR) is 128 cm³/mol. The molecule has 0 atom stereocenters. The molecular formula is C22H21N5O5S2. The molecule has 0 fully saturated rings. The fourth-order valence-electron chi connectivity index (χ4n) is 3.66. The molecule has 1 N–H and O–H groups in total. The number of aromatic nitrogens is 4. The monoisotopic (exact) mass is 499 g/mol. The van der Waals surface area contributed by atoms with Crippen LogP contribution in [0.25, 0.3) is 16.6 Å². The number of hydrogen-bond donors (Lipinski definition) is 1. The van der Waals surface area contributed by atoms with Gasteiger partial charge in [-0.25, -0.2) is 9.78 Å². The summed E-state index contributed by atoms with van der Waals surface area (Å²) in [7, 11) is 0. The molecule has 4 heterocycles. The summed E-state index contributed by atoms with van der Waals surface area (Å²) < 4.78 is 18.4. The first kappa shape index (κ1) is 22.4. The molecule has 0 aliphatic carbocycles. The number of anilines is 1. The van der Waals surface area contributed by atoms with E-state index in [1.54, 1.807) is 13.8 Å². The summed E-state index contributed by atoms with van der Waals surface area (Å²) in [5.41, 5.74) is 3.05. The lowest BCUT2D eigenvalue weighted by molar-refractivity contribution is -0.113. The molecule has 10 nitrogen and oxygen atoms in total. The maximum Gasteiger partial charge on any atom is 0.350 e. The lowest BCUT2D eigenvalue weighted by Crippen LogP contribution is -2.15. The standard InChI is InChI=1S/C22H21N5O5S2/c1-4-30-20(29)18-12(3)23-21(34-18)24-17(28)10-33-22-26-25-19-11(2)7-13-8-15-16(32-6-5-31-15)9-14(13)27(19)22/h7-9H,4-6,10H2,1-3H3,(H,23,24,28). The van der Waals surface area contributed by atoms with Crippen molar-refractivity contribution in [3.63, 3.8) is 0 Å². The second-order valence-electron chi connectivity index (χ2n) is 7.51. The molecule has 1 amide bonds. The molecule has 0 radical (unpaired) electrons. The van der Waals surface area contributed by atoms with Crippen LogP contribution in [0, 0.1) is 13.8 Å². The second kappa shape index (κ2) is 9.11. The number of pyridine rings is 1. The Morgan fingerprint density at radius 3 is 2.71 bits per heavy atom. The molecule has 0 unspecified atom stereocenters. The number of aryl methyl sites for hydroxylation is 2. The van der Waals surface area contributed by atoms with Gasteiger partial charge in [-0.15, -0.1) is 10.2 Å². The van der Waals surface area contributed by atoms with E-state index in [-0.39, 0.29) is 18.3 Å². The third-order valence-corrected chi connectivity index (χ3v) is 7.11. The smallest absolute Gasteiger partial charge is 0.350 e. The Kier molecular flexibility index (Phi) is 6.00. The Balaban J connectivity index is 1.37. The number of thiazole rings is 1. The normalized spacial score (nSPS) is 12.8. The van der Waals surface area contributed by atoms with Gasteiger partial charge in [0.25, 0.3) is 0 Å². The van der Waals surface area contributed by atoms with Crippen LogP contribution in [0.15, 0.2) is 23.4 Å².